The lowest BCUT2D eigenvalue weighted by Gasteiger charge is -2.44. The average Bonchev–Trinajstić information content (AvgIpc) is 2.44. The van der Waals surface area contributed by atoms with E-state index in [-0.39, 0.29) is 24.0 Å². The fourth-order valence-electron chi connectivity index (χ4n) is 3.15. The quantitative estimate of drug-likeness (QED) is 0.853. The van der Waals surface area contributed by atoms with E-state index in [2.05, 4.69) is 24.1 Å². The number of carbonyl (C=O) groups is 2. The van der Waals surface area contributed by atoms with E-state index in [0.717, 1.165) is 6.54 Å². The maximum atomic E-state index is 13.1. The van der Waals surface area contributed by atoms with Crippen molar-refractivity contribution in [1.29, 1.82) is 0 Å². The maximum absolute atomic E-state index is 13.1. The molecule has 0 aromatic heterocycles. The normalized spacial score (nSPS) is 19.9. The van der Waals surface area contributed by atoms with Crippen molar-refractivity contribution in [2.75, 3.05) is 26.7 Å². The van der Waals surface area contributed by atoms with Gasteiger partial charge in [-0.1, -0.05) is 0 Å². The Labute approximate surface area is 134 Å². The van der Waals surface area contributed by atoms with E-state index in [4.69, 9.17) is 0 Å². The van der Waals surface area contributed by atoms with Crippen molar-refractivity contribution in [2.45, 2.75) is 65.7 Å². The van der Waals surface area contributed by atoms with Gasteiger partial charge in [0.15, 0.2) is 0 Å². The molecule has 1 saturated heterocycles. The SMILES string of the molecule is CNC(=O)N1CCN(C(C)C)C[C@@H]1C(=O)N(C(C)C)C(C)C. The molecule has 1 aliphatic heterocycles. The van der Waals surface area contributed by atoms with Crippen LogP contribution in [0, 0.1) is 0 Å². The van der Waals surface area contributed by atoms with Crippen molar-refractivity contribution in [3.05, 3.63) is 0 Å². The molecule has 1 fully saturated rings. The molecule has 1 atom stereocenters. The molecule has 6 nitrogen and oxygen atoms in total. The van der Waals surface area contributed by atoms with Crippen LogP contribution in [0.2, 0.25) is 0 Å². The molecule has 3 amide bonds. The fraction of sp³-hybridized carbons (Fsp3) is 0.875. The minimum Gasteiger partial charge on any atom is -0.341 e. The molecule has 1 N–H and O–H groups in total. The van der Waals surface area contributed by atoms with Crippen LogP contribution in [0.5, 0.6) is 0 Å². The third-order valence-corrected chi connectivity index (χ3v) is 4.27. The van der Waals surface area contributed by atoms with Crippen LogP contribution in [0.25, 0.3) is 0 Å². The number of hydrogen-bond acceptors (Lipinski definition) is 3. The third-order valence-electron chi connectivity index (χ3n) is 4.27. The number of rotatable bonds is 4. The monoisotopic (exact) mass is 312 g/mol. The smallest absolute Gasteiger partial charge is 0.317 e. The Balaban J connectivity index is 3.04. The lowest BCUT2D eigenvalue weighted by Crippen LogP contribution is -2.64. The molecular formula is C16H32N4O2. The third kappa shape index (κ3) is 4.12. The molecule has 0 saturated carbocycles. The van der Waals surface area contributed by atoms with Gasteiger partial charge in [-0.05, 0) is 41.5 Å². The second-order valence-electron chi connectivity index (χ2n) is 6.79. The highest BCUT2D eigenvalue weighted by atomic mass is 16.2. The Morgan fingerprint density at radius 3 is 2.00 bits per heavy atom. The molecule has 6 heteroatoms. The first-order valence-corrected chi connectivity index (χ1v) is 8.25. The number of carbonyl (C=O) groups excluding carboxylic acids is 2. The highest BCUT2D eigenvalue weighted by Crippen LogP contribution is 2.18. The van der Waals surface area contributed by atoms with Crippen molar-refractivity contribution < 1.29 is 9.59 Å². The van der Waals surface area contributed by atoms with Gasteiger partial charge in [0, 0.05) is 44.8 Å². The Bertz CT molecular complexity index is 388. The summed E-state index contributed by atoms with van der Waals surface area (Å²) >= 11 is 0. The predicted octanol–water partition coefficient (Wildman–Crippen LogP) is 1.37. The molecule has 0 aliphatic carbocycles. The van der Waals surface area contributed by atoms with Gasteiger partial charge in [0.05, 0.1) is 0 Å². The minimum absolute atomic E-state index is 0.0407. The Morgan fingerprint density at radius 2 is 1.59 bits per heavy atom. The average molecular weight is 312 g/mol. The van der Waals surface area contributed by atoms with Crippen molar-refractivity contribution in [2.24, 2.45) is 0 Å². The standard InChI is InChI=1S/C16H32N4O2/c1-11(2)18-8-9-19(16(22)17-7)14(10-18)15(21)20(12(3)4)13(5)6/h11-14H,8-10H2,1-7H3,(H,17,22)/t14-/m1/s1. The summed E-state index contributed by atoms with van der Waals surface area (Å²) in [7, 11) is 1.61. The lowest BCUT2D eigenvalue weighted by atomic mass is 10.1. The number of piperazine rings is 1. The van der Waals surface area contributed by atoms with E-state index >= 15 is 0 Å². The first kappa shape index (κ1) is 18.7. The molecule has 0 spiro atoms. The van der Waals surface area contributed by atoms with Gasteiger partial charge in [-0.3, -0.25) is 9.69 Å². The zero-order valence-corrected chi connectivity index (χ0v) is 15.1. The number of hydrogen-bond donors (Lipinski definition) is 1. The van der Waals surface area contributed by atoms with E-state index in [1.807, 2.05) is 32.6 Å². The second kappa shape index (κ2) is 7.81. The fourth-order valence-corrected chi connectivity index (χ4v) is 3.15. The Kier molecular flexibility index (Phi) is 6.66. The van der Waals surface area contributed by atoms with Crippen LogP contribution in [0.15, 0.2) is 0 Å². The topological polar surface area (TPSA) is 55.9 Å². The lowest BCUT2D eigenvalue weighted by molar-refractivity contribution is -0.142. The van der Waals surface area contributed by atoms with E-state index in [1.165, 1.54) is 0 Å². The molecule has 128 valence electrons. The molecule has 1 rings (SSSR count). The molecular weight excluding hydrogens is 280 g/mol. The molecule has 0 aromatic rings. The van der Waals surface area contributed by atoms with E-state index in [9.17, 15) is 9.59 Å². The van der Waals surface area contributed by atoms with E-state index in [1.54, 1.807) is 11.9 Å². The summed E-state index contributed by atoms with van der Waals surface area (Å²) in [5, 5.41) is 2.66. The van der Waals surface area contributed by atoms with Gasteiger partial charge >= 0.3 is 6.03 Å². The summed E-state index contributed by atoms with van der Waals surface area (Å²) in [6.45, 7) is 14.3. The minimum atomic E-state index is -0.416. The number of urea groups is 1. The Morgan fingerprint density at radius 1 is 1.05 bits per heavy atom. The molecule has 22 heavy (non-hydrogen) atoms. The summed E-state index contributed by atoms with van der Waals surface area (Å²) in [6, 6.07) is 0.0192. The van der Waals surface area contributed by atoms with Crippen LogP contribution in [0.4, 0.5) is 4.79 Å². The van der Waals surface area contributed by atoms with Crippen molar-refractivity contribution in [1.82, 2.24) is 20.0 Å². The summed E-state index contributed by atoms with van der Waals surface area (Å²) in [5.74, 6) is 0.0407. The predicted molar refractivity (Wildman–Crippen MR) is 88.8 cm³/mol. The Hall–Kier alpha value is -1.30. The van der Waals surface area contributed by atoms with Crippen LogP contribution in [0.1, 0.15) is 41.5 Å². The molecule has 1 aliphatic rings. The van der Waals surface area contributed by atoms with Gasteiger partial charge in [0.2, 0.25) is 5.91 Å². The van der Waals surface area contributed by atoms with Crippen LogP contribution in [-0.2, 0) is 4.79 Å². The zero-order valence-electron chi connectivity index (χ0n) is 15.1. The summed E-state index contributed by atoms with van der Waals surface area (Å²) < 4.78 is 0. The molecule has 0 radical (unpaired) electrons. The summed E-state index contributed by atoms with van der Waals surface area (Å²) in [6.07, 6.45) is 0. The maximum Gasteiger partial charge on any atom is 0.317 e. The van der Waals surface area contributed by atoms with Crippen LogP contribution >= 0.6 is 0 Å². The largest absolute Gasteiger partial charge is 0.341 e. The van der Waals surface area contributed by atoms with Gasteiger partial charge < -0.3 is 15.1 Å². The van der Waals surface area contributed by atoms with Gasteiger partial charge in [-0.25, -0.2) is 4.79 Å². The van der Waals surface area contributed by atoms with Crippen molar-refractivity contribution in [3.8, 4) is 0 Å². The molecule has 0 bridgehead atoms. The number of nitrogens with one attached hydrogen (secondary N) is 1. The van der Waals surface area contributed by atoms with Crippen molar-refractivity contribution in [3.63, 3.8) is 0 Å². The van der Waals surface area contributed by atoms with Crippen LogP contribution in [0.3, 0.4) is 0 Å². The highest BCUT2D eigenvalue weighted by Gasteiger charge is 2.39. The van der Waals surface area contributed by atoms with Gasteiger partial charge in [-0.15, -0.1) is 0 Å². The molecule has 0 unspecified atom stereocenters. The summed E-state index contributed by atoms with van der Waals surface area (Å²) in [4.78, 5) is 31.0. The van der Waals surface area contributed by atoms with Crippen LogP contribution < -0.4 is 5.32 Å². The first-order valence-electron chi connectivity index (χ1n) is 8.25. The van der Waals surface area contributed by atoms with Gasteiger partial charge in [0.1, 0.15) is 6.04 Å². The number of amides is 3. The first-order chi connectivity index (χ1) is 10.2. The number of nitrogens with zero attached hydrogens (tertiary/aromatic N) is 3. The zero-order chi connectivity index (χ0) is 17.0. The highest BCUT2D eigenvalue weighted by molar-refractivity contribution is 5.88. The molecule has 0 aromatic carbocycles. The molecule has 1 heterocycles. The van der Waals surface area contributed by atoms with E-state index in [0.29, 0.717) is 19.1 Å². The van der Waals surface area contributed by atoms with Crippen molar-refractivity contribution >= 4 is 11.9 Å². The second-order valence-corrected chi connectivity index (χ2v) is 6.79. The van der Waals surface area contributed by atoms with E-state index < -0.39 is 6.04 Å². The van der Waals surface area contributed by atoms with Crippen LogP contribution in [-0.4, -0.2) is 77.5 Å². The summed E-state index contributed by atoms with van der Waals surface area (Å²) in [5.41, 5.74) is 0. The van der Waals surface area contributed by atoms with Gasteiger partial charge in [0.25, 0.3) is 0 Å². The van der Waals surface area contributed by atoms with Gasteiger partial charge in [-0.2, -0.15) is 0 Å².